The number of likely N-dealkylation sites (N-methyl/N-ethyl adjacent to an activating group) is 1. The first-order chi connectivity index (χ1) is 19.5. The van der Waals surface area contributed by atoms with Crippen molar-refractivity contribution < 1.29 is 9.59 Å². The minimum Gasteiger partial charge on any atom is -0.316 e. The molecule has 0 radical (unpaired) electrons. The number of carbonyl (C=O) groups excluding carboxylic acids is 2. The number of rotatable bonds is 6. The van der Waals surface area contributed by atoms with Crippen LogP contribution in [0, 0.1) is 0 Å². The molecule has 1 aliphatic rings. The van der Waals surface area contributed by atoms with E-state index in [2.05, 4.69) is 45.1 Å². The highest BCUT2D eigenvalue weighted by molar-refractivity contribution is 6.50. The van der Waals surface area contributed by atoms with E-state index < -0.39 is 11.8 Å². The van der Waals surface area contributed by atoms with Crippen LogP contribution in [0.1, 0.15) is 11.3 Å². The van der Waals surface area contributed by atoms with Crippen molar-refractivity contribution in [1.29, 1.82) is 0 Å². The van der Waals surface area contributed by atoms with Crippen molar-refractivity contribution in [3.05, 3.63) is 108 Å². The number of amides is 2. The van der Waals surface area contributed by atoms with Gasteiger partial charge in [-0.05, 0) is 49.1 Å². The molecular formula is C33H27N5O2. The largest absolute Gasteiger partial charge is 0.316 e. The van der Waals surface area contributed by atoms with E-state index in [4.69, 9.17) is 5.10 Å². The second-order valence-corrected chi connectivity index (χ2v) is 10.4. The molecular weight excluding hydrogens is 498 g/mol. The van der Waals surface area contributed by atoms with Gasteiger partial charge in [0.05, 0.1) is 34.4 Å². The van der Waals surface area contributed by atoms with Gasteiger partial charge in [0.1, 0.15) is 0 Å². The van der Waals surface area contributed by atoms with E-state index in [1.807, 2.05) is 85.6 Å². The maximum absolute atomic E-state index is 13.5. The van der Waals surface area contributed by atoms with Gasteiger partial charge in [-0.2, -0.15) is 5.10 Å². The lowest BCUT2D eigenvalue weighted by Gasteiger charge is -2.13. The molecule has 7 heteroatoms. The minimum absolute atomic E-state index is 0.360. The van der Waals surface area contributed by atoms with Gasteiger partial charge in [-0.15, -0.1) is 0 Å². The molecule has 0 unspecified atom stereocenters. The number of hydrogen-bond donors (Lipinski definition) is 1. The van der Waals surface area contributed by atoms with Gasteiger partial charge in [0.25, 0.3) is 11.8 Å². The molecule has 2 amide bonds. The number of imide groups is 1. The Labute approximate surface area is 230 Å². The summed E-state index contributed by atoms with van der Waals surface area (Å²) in [6, 6.07) is 30.3. The summed E-state index contributed by atoms with van der Waals surface area (Å²) in [5.74, 6) is -0.801. The van der Waals surface area contributed by atoms with Crippen LogP contribution < -0.4 is 5.32 Å². The normalized spacial score (nSPS) is 13.9. The Morgan fingerprint density at radius 3 is 2.30 bits per heavy atom. The number of hydrogen-bond acceptors (Lipinski definition) is 4. The highest BCUT2D eigenvalue weighted by Crippen LogP contribution is 2.39. The van der Waals surface area contributed by atoms with Gasteiger partial charge in [-0.25, -0.2) is 0 Å². The smallest absolute Gasteiger partial charge is 0.261 e. The zero-order chi connectivity index (χ0) is 27.4. The minimum atomic E-state index is -0.403. The standard InChI is InChI=1S/C33H27N5O2/c1-36(2)17-18-38-31(25-12-5-7-13-27(25)35-38)30-29(32(39)34-33(30)40)26-20-37(28-14-8-6-11-24(26)28)23-16-15-21-9-3-4-10-22(21)19-23/h3-16,19-20H,17-18H2,1-2H3,(H,34,39,40). The summed E-state index contributed by atoms with van der Waals surface area (Å²) >= 11 is 0. The average Bonchev–Trinajstić information content (AvgIpc) is 3.61. The van der Waals surface area contributed by atoms with Crippen LogP contribution in [0.3, 0.4) is 0 Å². The number of aromatic nitrogens is 3. The molecule has 7 rings (SSSR count). The zero-order valence-corrected chi connectivity index (χ0v) is 22.3. The van der Waals surface area contributed by atoms with Gasteiger partial charge in [-0.1, -0.05) is 66.7 Å². The van der Waals surface area contributed by atoms with E-state index >= 15 is 0 Å². The molecule has 4 aromatic carbocycles. The molecule has 6 aromatic rings. The number of fused-ring (bicyclic) bond motifs is 3. The Kier molecular flexibility index (Phi) is 5.61. The summed E-state index contributed by atoms with van der Waals surface area (Å²) in [4.78, 5) is 29.1. The molecule has 0 bridgehead atoms. The van der Waals surface area contributed by atoms with Crippen LogP contribution >= 0.6 is 0 Å². The third kappa shape index (κ3) is 3.82. The quantitative estimate of drug-likeness (QED) is 0.301. The van der Waals surface area contributed by atoms with E-state index in [9.17, 15) is 9.59 Å². The van der Waals surface area contributed by atoms with Gasteiger partial charge in [-0.3, -0.25) is 19.6 Å². The fourth-order valence-corrected chi connectivity index (χ4v) is 5.66. The predicted octanol–water partition coefficient (Wildman–Crippen LogP) is 5.26. The number of nitrogens with zero attached hydrogens (tertiary/aromatic N) is 4. The Bertz CT molecular complexity index is 2010. The third-order valence-electron chi connectivity index (χ3n) is 7.57. The molecule has 0 spiro atoms. The first-order valence-corrected chi connectivity index (χ1v) is 13.3. The molecule has 0 atom stereocenters. The average molecular weight is 526 g/mol. The number of benzene rings is 4. The fraction of sp³-hybridized carbons (Fsp3) is 0.121. The fourth-order valence-electron chi connectivity index (χ4n) is 5.66. The maximum Gasteiger partial charge on any atom is 0.261 e. The van der Waals surface area contributed by atoms with Gasteiger partial charge in [0.15, 0.2) is 0 Å². The molecule has 40 heavy (non-hydrogen) atoms. The number of para-hydroxylation sites is 1. The molecule has 196 valence electrons. The molecule has 0 saturated carbocycles. The molecule has 0 fully saturated rings. The topological polar surface area (TPSA) is 72.2 Å². The van der Waals surface area contributed by atoms with Crippen LogP contribution in [-0.4, -0.2) is 51.7 Å². The van der Waals surface area contributed by atoms with Gasteiger partial charge >= 0.3 is 0 Å². The van der Waals surface area contributed by atoms with Crippen molar-refractivity contribution in [2.24, 2.45) is 0 Å². The molecule has 1 N–H and O–H groups in total. The van der Waals surface area contributed by atoms with E-state index in [-0.39, 0.29) is 0 Å². The molecule has 7 nitrogen and oxygen atoms in total. The van der Waals surface area contributed by atoms with Crippen molar-refractivity contribution in [2.75, 3.05) is 20.6 Å². The van der Waals surface area contributed by atoms with Crippen LogP contribution in [0.25, 0.3) is 49.4 Å². The monoisotopic (exact) mass is 525 g/mol. The first-order valence-electron chi connectivity index (χ1n) is 13.3. The lowest BCUT2D eigenvalue weighted by atomic mass is 9.97. The zero-order valence-electron chi connectivity index (χ0n) is 22.3. The Morgan fingerprint density at radius 1 is 0.775 bits per heavy atom. The van der Waals surface area contributed by atoms with Crippen molar-refractivity contribution in [3.63, 3.8) is 0 Å². The Balaban J connectivity index is 1.49. The van der Waals surface area contributed by atoms with E-state index in [0.717, 1.165) is 44.8 Å². The lowest BCUT2D eigenvalue weighted by Crippen LogP contribution is -2.24. The van der Waals surface area contributed by atoms with Crippen LogP contribution in [0.5, 0.6) is 0 Å². The van der Waals surface area contributed by atoms with E-state index in [1.54, 1.807) is 0 Å². The highest BCUT2D eigenvalue weighted by Gasteiger charge is 2.36. The molecule has 0 saturated heterocycles. The van der Waals surface area contributed by atoms with Gasteiger partial charge in [0, 0.05) is 34.8 Å². The van der Waals surface area contributed by atoms with Crippen molar-refractivity contribution in [1.82, 2.24) is 24.6 Å². The Morgan fingerprint density at radius 2 is 1.48 bits per heavy atom. The summed E-state index contributed by atoms with van der Waals surface area (Å²) in [5.41, 5.74) is 4.84. The lowest BCUT2D eigenvalue weighted by molar-refractivity contribution is -0.122. The molecule has 1 aliphatic heterocycles. The van der Waals surface area contributed by atoms with Crippen LogP contribution in [0.2, 0.25) is 0 Å². The van der Waals surface area contributed by atoms with Crippen LogP contribution in [0.15, 0.2) is 97.2 Å². The number of carbonyl (C=O) groups is 2. The van der Waals surface area contributed by atoms with Crippen LogP contribution in [0.4, 0.5) is 0 Å². The second kappa shape index (κ2) is 9.32. The van der Waals surface area contributed by atoms with Crippen molar-refractivity contribution in [2.45, 2.75) is 6.54 Å². The summed E-state index contributed by atoms with van der Waals surface area (Å²) in [6.07, 6.45) is 1.98. The van der Waals surface area contributed by atoms with Crippen LogP contribution in [-0.2, 0) is 16.1 Å². The SMILES string of the molecule is CN(C)CCn1nc2ccccc2c1C1=C(c2cn(-c3ccc4ccccc4c3)c3ccccc23)C(=O)NC1=O. The third-order valence-corrected chi connectivity index (χ3v) is 7.57. The van der Waals surface area contributed by atoms with E-state index in [0.29, 0.717) is 28.9 Å². The summed E-state index contributed by atoms with van der Waals surface area (Å²) in [5, 5.41) is 11.4. The van der Waals surface area contributed by atoms with Crippen molar-refractivity contribution >= 4 is 55.5 Å². The molecule has 2 aromatic heterocycles. The number of nitrogens with one attached hydrogen (secondary N) is 1. The molecule has 3 heterocycles. The van der Waals surface area contributed by atoms with E-state index in [1.165, 1.54) is 0 Å². The first kappa shape index (κ1) is 24.1. The Hall–Kier alpha value is -5.01. The summed E-state index contributed by atoms with van der Waals surface area (Å²) < 4.78 is 3.96. The maximum atomic E-state index is 13.5. The van der Waals surface area contributed by atoms with Gasteiger partial charge in [0.2, 0.25) is 0 Å². The predicted molar refractivity (Wildman–Crippen MR) is 159 cm³/mol. The van der Waals surface area contributed by atoms with Gasteiger partial charge < -0.3 is 9.47 Å². The van der Waals surface area contributed by atoms with Crippen molar-refractivity contribution in [3.8, 4) is 5.69 Å². The molecule has 0 aliphatic carbocycles. The summed E-state index contributed by atoms with van der Waals surface area (Å²) in [6.45, 7) is 1.31. The summed E-state index contributed by atoms with van der Waals surface area (Å²) in [7, 11) is 4.00. The second-order valence-electron chi connectivity index (χ2n) is 10.4. The highest BCUT2D eigenvalue weighted by atomic mass is 16.2.